The lowest BCUT2D eigenvalue weighted by Crippen LogP contribution is -2.48. The van der Waals surface area contributed by atoms with Crippen LogP contribution >= 0.6 is 15.9 Å². The molecule has 5 nitrogen and oxygen atoms in total. The van der Waals surface area contributed by atoms with Crippen LogP contribution in [0.1, 0.15) is 13.8 Å². The van der Waals surface area contributed by atoms with E-state index in [0.717, 1.165) is 16.5 Å². The number of aromatic nitrogens is 1. The van der Waals surface area contributed by atoms with Gasteiger partial charge >= 0.3 is 5.76 Å². The number of oxazole rings is 1. The van der Waals surface area contributed by atoms with E-state index in [9.17, 15) is 4.79 Å². The third-order valence-corrected chi connectivity index (χ3v) is 4.18. The summed E-state index contributed by atoms with van der Waals surface area (Å²) >= 11 is 3.38. The maximum Gasteiger partial charge on any atom is 0.421 e. The number of hydrogen-bond acceptors (Lipinski definition) is 4. The van der Waals surface area contributed by atoms with Crippen LogP contribution in [0, 0.1) is 0 Å². The first-order valence-corrected chi connectivity index (χ1v) is 7.48. The molecule has 2 aromatic rings. The summed E-state index contributed by atoms with van der Waals surface area (Å²) in [5.74, 6) is -0.315. The molecule has 20 heavy (non-hydrogen) atoms. The fraction of sp³-hybridized carbons (Fsp3) is 0.500. The molecule has 1 fully saturated rings. The van der Waals surface area contributed by atoms with Crippen LogP contribution in [-0.4, -0.2) is 34.8 Å². The van der Waals surface area contributed by atoms with E-state index >= 15 is 0 Å². The van der Waals surface area contributed by atoms with Gasteiger partial charge in [0.05, 0.1) is 24.9 Å². The average molecular weight is 341 g/mol. The van der Waals surface area contributed by atoms with Gasteiger partial charge in [-0.3, -0.25) is 9.47 Å². The van der Waals surface area contributed by atoms with E-state index in [-0.39, 0.29) is 11.9 Å². The van der Waals surface area contributed by atoms with Crippen molar-refractivity contribution in [3.63, 3.8) is 0 Å². The molecule has 1 aliphatic heterocycles. The SMILES string of the molecule is C[C@@H]1CN(Cn2c(=O)oc3cc(Br)ccc32)[C@H](C)CO1. The fourth-order valence-corrected chi connectivity index (χ4v) is 2.86. The summed E-state index contributed by atoms with van der Waals surface area (Å²) in [5.41, 5.74) is 1.43. The van der Waals surface area contributed by atoms with Gasteiger partial charge in [0, 0.05) is 17.1 Å². The van der Waals surface area contributed by atoms with E-state index < -0.39 is 0 Å². The maximum atomic E-state index is 12.0. The maximum absolute atomic E-state index is 12.0. The standard InChI is InChI=1S/C14H17BrN2O3/c1-9-7-19-10(2)6-16(9)8-17-12-4-3-11(15)5-13(12)20-14(17)18/h3-5,9-10H,6-8H2,1-2H3/t9-,10-/m1/s1. The van der Waals surface area contributed by atoms with Crippen LogP contribution < -0.4 is 5.76 Å². The zero-order valence-corrected chi connectivity index (χ0v) is 13.1. The second-order valence-electron chi connectivity index (χ2n) is 5.31. The molecule has 6 heteroatoms. The number of morpholine rings is 1. The molecule has 3 rings (SSSR count). The summed E-state index contributed by atoms with van der Waals surface area (Å²) in [6.45, 7) is 6.19. The van der Waals surface area contributed by atoms with E-state index in [2.05, 4.69) is 27.8 Å². The van der Waals surface area contributed by atoms with Gasteiger partial charge in [-0.2, -0.15) is 0 Å². The van der Waals surface area contributed by atoms with Crippen molar-refractivity contribution in [3.05, 3.63) is 33.2 Å². The summed E-state index contributed by atoms with van der Waals surface area (Å²) in [5, 5.41) is 0. The topological polar surface area (TPSA) is 47.6 Å². The number of halogens is 1. The Morgan fingerprint density at radius 2 is 2.20 bits per heavy atom. The lowest BCUT2D eigenvalue weighted by atomic mass is 10.2. The molecule has 1 aromatic heterocycles. The van der Waals surface area contributed by atoms with Crippen molar-refractivity contribution < 1.29 is 9.15 Å². The minimum Gasteiger partial charge on any atom is -0.408 e. The molecule has 0 saturated carbocycles. The molecular formula is C14H17BrN2O3. The summed E-state index contributed by atoms with van der Waals surface area (Å²) in [4.78, 5) is 14.3. The molecule has 0 spiro atoms. The number of nitrogens with zero attached hydrogens (tertiary/aromatic N) is 2. The molecule has 0 unspecified atom stereocenters. The van der Waals surface area contributed by atoms with E-state index in [1.54, 1.807) is 4.57 Å². The molecule has 0 radical (unpaired) electrons. The van der Waals surface area contributed by atoms with E-state index in [1.807, 2.05) is 25.1 Å². The number of rotatable bonds is 2. The first-order valence-electron chi connectivity index (χ1n) is 6.69. The lowest BCUT2D eigenvalue weighted by molar-refractivity contribution is -0.0610. The van der Waals surface area contributed by atoms with Crippen molar-refractivity contribution in [2.45, 2.75) is 32.7 Å². The average Bonchev–Trinajstić information content (AvgIpc) is 2.69. The smallest absolute Gasteiger partial charge is 0.408 e. The van der Waals surface area contributed by atoms with Crippen LogP contribution in [0.15, 0.2) is 31.9 Å². The molecule has 1 aliphatic rings. The monoisotopic (exact) mass is 340 g/mol. The third-order valence-electron chi connectivity index (χ3n) is 3.69. The molecule has 0 aliphatic carbocycles. The van der Waals surface area contributed by atoms with Gasteiger partial charge in [0.15, 0.2) is 5.58 Å². The molecule has 1 saturated heterocycles. The largest absolute Gasteiger partial charge is 0.421 e. The summed E-state index contributed by atoms with van der Waals surface area (Å²) in [6.07, 6.45) is 0.189. The minimum atomic E-state index is -0.315. The molecule has 0 amide bonds. The third kappa shape index (κ3) is 2.55. The fourth-order valence-electron chi connectivity index (χ4n) is 2.52. The quantitative estimate of drug-likeness (QED) is 0.842. The van der Waals surface area contributed by atoms with Crippen LogP contribution in [0.25, 0.3) is 11.1 Å². The van der Waals surface area contributed by atoms with Gasteiger partial charge in [-0.05, 0) is 32.0 Å². The van der Waals surface area contributed by atoms with Crippen molar-refractivity contribution in [2.24, 2.45) is 0 Å². The number of hydrogen-bond donors (Lipinski definition) is 0. The Balaban J connectivity index is 1.94. The van der Waals surface area contributed by atoms with Crippen LogP contribution in [0.2, 0.25) is 0 Å². The molecule has 2 heterocycles. The summed E-state index contributed by atoms with van der Waals surface area (Å²) in [7, 11) is 0. The van der Waals surface area contributed by atoms with Crippen LogP contribution in [0.5, 0.6) is 0 Å². The highest BCUT2D eigenvalue weighted by atomic mass is 79.9. The molecule has 108 valence electrons. The zero-order valence-electron chi connectivity index (χ0n) is 11.5. The zero-order chi connectivity index (χ0) is 14.3. The molecule has 2 atom stereocenters. The van der Waals surface area contributed by atoms with Gasteiger partial charge in [-0.15, -0.1) is 0 Å². The van der Waals surface area contributed by atoms with Gasteiger partial charge in [-0.1, -0.05) is 15.9 Å². The predicted octanol–water partition coefficient (Wildman–Crippen LogP) is 2.42. The number of fused-ring (bicyclic) bond motifs is 1. The summed E-state index contributed by atoms with van der Waals surface area (Å²) in [6, 6.07) is 5.93. The Morgan fingerprint density at radius 3 is 3.00 bits per heavy atom. The normalized spacial score (nSPS) is 24.4. The van der Waals surface area contributed by atoms with Crippen molar-refractivity contribution >= 4 is 27.0 Å². The first-order chi connectivity index (χ1) is 9.54. The molecule has 1 aromatic carbocycles. The van der Waals surface area contributed by atoms with Crippen molar-refractivity contribution in [1.82, 2.24) is 9.47 Å². The van der Waals surface area contributed by atoms with Gasteiger partial charge in [0.2, 0.25) is 0 Å². The van der Waals surface area contributed by atoms with Crippen molar-refractivity contribution in [2.75, 3.05) is 13.2 Å². The molecule has 0 bridgehead atoms. The van der Waals surface area contributed by atoms with Gasteiger partial charge in [0.25, 0.3) is 0 Å². The first kappa shape index (κ1) is 13.9. The highest BCUT2D eigenvalue weighted by Gasteiger charge is 2.24. The van der Waals surface area contributed by atoms with Crippen molar-refractivity contribution in [1.29, 1.82) is 0 Å². The van der Waals surface area contributed by atoms with Gasteiger partial charge < -0.3 is 9.15 Å². The lowest BCUT2D eigenvalue weighted by Gasteiger charge is -2.36. The van der Waals surface area contributed by atoms with E-state index in [1.165, 1.54) is 0 Å². The second-order valence-corrected chi connectivity index (χ2v) is 6.23. The molecule has 0 N–H and O–H groups in total. The van der Waals surface area contributed by atoms with Gasteiger partial charge in [0.1, 0.15) is 0 Å². The highest BCUT2D eigenvalue weighted by Crippen LogP contribution is 2.20. The van der Waals surface area contributed by atoms with Crippen LogP contribution in [-0.2, 0) is 11.4 Å². The Hall–Kier alpha value is -1.11. The second kappa shape index (κ2) is 5.35. The van der Waals surface area contributed by atoms with Gasteiger partial charge in [-0.25, -0.2) is 4.79 Å². The Labute approximate surface area is 125 Å². The minimum absolute atomic E-state index is 0.189. The Bertz CT molecular complexity index is 679. The predicted molar refractivity (Wildman–Crippen MR) is 79.8 cm³/mol. The van der Waals surface area contributed by atoms with E-state index in [4.69, 9.17) is 9.15 Å². The molecular weight excluding hydrogens is 324 g/mol. The number of benzene rings is 1. The Kier molecular flexibility index (Phi) is 3.70. The van der Waals surface area contributed by atoms with Crippen LogP contribution in [0.3, 0.4) is 0 Å². The Morgan fingerprint density at radius 1 is 1.40 bits per heavy atom. The van der Waals surface area contributed by atoms with Crippen molar-refractivity contribution in [3.8, 4) is 0 Å². The number of ether oxygens (including phenoxy) is 1. The van der Waals surface area contributed by atoms with E-state index in [0.29, 0.717) is 24.9 Å². The highest BCUT2D eigenvalue weighted by molar-refractivity contribution is 9.10. The summed E-state index contributed by atoms with van der Waals surface area (Å²) < 4.78 is 13.5. The van der Waals surface area contributed by atoms with Crippen LogP contribution in [0.4, 0.5) is 0 Å².